The van der Waals surface area contributed by atoms with Gasteiger partial charge in [0.05, 0.1) is 11.9 Å². The molecule has 0 aliphatic rings. The Morgan fingerprint density at radius 2 is 1.79 bits per heavy atom. The molecular weight excluding hydrogens is 260 g/mol. The lowest BCUT2D eigenvalue weighted by Crippen LogP contribution is -2.08. The largest absolute Gasteiger partial charge is 0.378 e. The van der Waals surface area contributed by atoms with Crippen molar-refractivity contribution in [3.63, 3.8) is 0 Å². The van der Waals surface area contributed by atoms with Gasteiger partial charge in [0.25, 0.3) is 0 Å². The molecule has 0 radical (unpaired) electrons. The van der Waals surface area contributed by atoms with E-state index in [2.05, 4.69) is 39.2 Å². The van der Waals surface area contributed by atoms with Crippen LogP contribution in [0.3, 0.4) is 0 Å². The Labute approximate surface area is 116 Å². The molecule has 0 spiro atoms. The zero-order valence-corrected chi connectivity index (χ0v) is 11.5. The van der Waals surface area contributed by atoms with Crippen LogP contribution in [-0.4, -0.2) is 28.7 Å². The lowest BCUT2D eigenvalue weighted by atomic mass is 10.1. The summed E-state index contributed by atoms with van der Waals surface area (Å²) in [5, 5.41) is 4.73. The van der Waals surface area contributed by atoms with E-state index in [4.69, 9.17) is 11.6 Å². The van der Waals surface area contributed by atoms with Gasteiger partial charge in [-0.3, -0.25) is 0 Å². The molecule has 19 heavy (non-hydrogen) atoms. The van der Waals surface area contributed by atoms with Crippen molar-refractivity contribution < 1.29 is 0 Å². The number of imidazole rings is 1. The van der Waals surface area contributed by atoms with Gasteiger partial charge in [-0.2, -0.15) is 5.10 Å². The summed E-state index contributed by atoms with van der Waals surface area (Å²) in [5.41, 5.74) is 3.94. The number of nitrogens with zero attached hydrogens (tertiary/aromatic N) is 4. The molecule has 0 amide bonds. The first-order chi connectivity index (χ1) is 9.15. The standard InChI is InChI=1S/C14H13ClN4/c1-18(2)11-5-3-10(4-6-11)12-9-16-14-8-7-13(15)17-19(12)14/h3-9H,1-2H3. The van der Waals surface area contributed by atoms with Gasteiger partial charge in [0.1, 0.15) is 5.15 Å². The first-order valence-corrected chi connectivity index (χ1v) is 6.31. The number of aromatic nitrogens is 3. The highest BCUT2D eigenvalue weighted by molar-refractivity contribution is 6.29. The van der Waals surface area contributed by atoms with Crippen LogP contribution in [0.5, 0.6) is 0 Å². The quantitative estimate of drug-likeness (QED) is 0.719. The van der Waals surface area contributed by atoms with Crippen molar-refractivity contribution in [2.45, 2.75) is 0 Å². The van der Waals surface area contributed by atoms with Crippen molar-refractivity contribution in [1.29, 1.82) is 0 Å². The van der Waals surface area contributed by atoms with E-state index in [1.807, 2.05) is 26.4 Å². The molecule has 1 aromatic carbocycles. The fourth-order valence-corrected chi connectivity index (χ4v) is 2.12. The molecule has 3 aromatic rings. The normalized spacial score (nSPS) is 10.9. The summed E-state index contributed by atoms with van der Waals surface area (Å²) in [4.78, 5) is 6.39. The zero-order chi connectivity index (χ0) is 13.4. The van der Waals surface area contributed by atoms with Gasteiger partial charge in [-0.15, -0.1) is 0 Å². The summed E-state index contributed by atoms with van der Waals surface area (Å²) in [6.45, 7) is 0. The maximum absolute atomic E-state index is 5.94. The summed E-state index contributed by atoms with van der Waals surface area (Å²) >= 11 is 5.94. The molecule has 5 heteroatoms. The Hall–Kier alpha value is -2.07. The number of halogens is 1. The van der Waals surface area contributed by atoms with Crippen molar-refractivity contribution in [1.82, 2.24) is 14.6 Å². The van der Waals surface area contributed by atoms with Gasteiger partial charge in [-0.1, -0.05) is 23.7 Å². The van der Waals surface area contributed by atoms with E-state index in [0.29, 0.717) is 5.15 Å². The fourth-order valence-electron chi connectivity index (χ4n) is 1.98. The summed E-state index contributed by atoms with van der Waals surface area (Å²) in [6.07, 6.45) is 1.81. The number of benzene rings is 1. The number of hydrogen-bond acceptors (Lipinski definition) is 3. The lowest BCUT2D eigenvalue weighted by Gasteiger charge is -2.12. The van der Waals surface area contributed by atoms with Crippen LogP contribution in [0.25, 0.3) is 16.9 Å². The van der Waals surface area contributed by atoms with E-state index >= 15 is 0 Å². The third-order valence-corrected chi connectivity index (χ3v) is 3.21. The van der Waals surface area contributed by atoms with Crippen molar-refractivity contribution in [3.8, 4) is 11.3 Å². The van der Waals surface area contributed by atoms with Crippen molar-refractivity contribution >= 4 is 22.9 Å². The topological polar surface area (TPSA) is 33.4 Å². The second-order valence-corrected chi connectivity index (χ2v) is 4.90. The molecule has 0 saturated carbocycles. The molecule has 4 nitrogen and oxygen atoms in total. The van der Waals surface area contributed by atoms with Crippen molar-refractivity contribution in [3.05, 3.63) is 47.7 Å². The van der Waals surface area contributed by atoms with Gasteiger partial charge in [-0.05, 0) is 24.3 Å². The highest BCUT2D eigenvalue weighted by Gasteiger charge is 2.07. The molecule has 3 rings (SSSR count). The molecular formula is C14H13ClN4. The Bertz CT molecular complexity index is 716. The molecule has 0 unspecified atom stereocenters. The second kappa shape index (κ2) is 4.55. The predicted octanol–water partition coefficient (Wildman–Crippen LogP) is 3.12. The van der Waals surface area contributed by atoms with E-state index in [1.54, 1.807) is 10.6 Å². The first-order valence-electron chi connectivity index (χ1n) is 5.93. The van der Waals surface area contributed by atoms with Crippen LogP contribution >= 0.6 is 11.6 Å². The van der Waals surface area contributed by atoms with E-state index in [9.17, 15) is 0 Å². The maximum atomic E-state index is 5.94. The lowest BCUT2D eigenvalue weighted by molar-refractivity contribution is 0.943. The third-order valence-electron chi connectivity index (χ3n) is 3.01. The predicted molar refractivity (Wildman–Crippen MR) is 77.8 cm³/mol. The molecule has 0 aliphatic carbocycles. The monoisotopic (exact) mass is 272 g/mol. The van der Waals surface area contributed by atoms with Crippen LogP contribution in [-0.2, 0) is 0 Å². The number of hydrogen-bond donors (Lipinski definition) is 0. The molecule has 0 N–H and O–H groups in total. The van der Waals surface area contributed by atoms with Gasteiger partial charge < -0.3 is 4.90 Å². The van der Waals surface area contributed by atoms with E-state index in [0.717, 1.165) is 22.6 Å². The Morgan fingerprint density at radius 3 is 2.47 bits per heavy atom. The number of fused-ring (bicyclic) bond motifs is 1. The van der Waals surface area contributed by atoms with Crippen molar-refractivity contribution in [2.24, 2.45) is 0 Å². The van der Waals surface area contributed by atoms with E-state index < -0.39 is 0 Å². The SMILES string of the molecule is CN(C)c1ccc(-c2cnc3ccc(Cl)nn23)cc1. The first kappa shape index (κ1) is 12.0. The Balaban J connectivity index is 2.11. The highest BCUT2D eigenvalue weighted by Crippen LogP contribution is 2.23. The van der Waals surface area contributed by atoms with E-state index in [-0.39, 0.29) is 0 Å². The van der Waals surface area contributed by atoms with Crippen molar-refractivity contribution in [2.75, 3.05) is 19.0 Å². The van der Waals surface area contributed by atoms with Gasteiger partial charge in [0, 0.05) is 25.3 Å². The van der Waals surface area contributed by atoms with Crippen LogP contribution in [0.1, 0.15) is 0 Å². The smallest absolute Gasteiger partial charge is 0.154 e. The zero-order valence-electron chi connectivity index (χ0n) is 10.7. The van der Waals surface area contributed by atoms with Gasteiger partial charge >= 0.3 is 0 Å². The minimum Gasteiger partial charge on any atom is -0.378 e. The Kier molecular flexibility index (Phi) is 2.87. The average molecular weight is 273 g/mol. The second-order valence-electron chi connectivity index (χ2n) is 4.51. The molecule has 0 saturated heterocycles. The van der Waals surface area contributed by atoms with Crippen LogP contribution in [0, 0.1) is 0 Å². The highest BCUT2D eigenvalue weighted by atomic mass is 35.5. The third kappa shape index (κ3) is 2.15. The van der Waals surface area contributed by atoms with Gasteiger partial charge in [0.2, 0.25) is 0 Å². The molecule has 96 valence electrons. The van der Waals surface area contributed by atoms with Crippen LogP contribution in [0.4, 0.5) is 5.69 Å². The summed E-state index contributed by atoms with van der Waals surface area (Å²) in [6, 6.07) is 11.8. The van der Waals surface area contributed by atoms with Crippen LogP contribution < -0.4 is 4.90 Å². The molecule has 0 bridgehead atoms. The summed E-state index contributed by atoms with van der Waals surface area (Å²) < 4.78 is 1.76. The van der Waals surface area contributed by atoms with Crippen LogP contribution in [0.2, 0.25) is 5.15 Å². The maximum Gasteiger partial charge on any atom is 0.154 e. The minimum absolute atomic E-state index is 0.455. The molecule has 0 aliphatic heterocycles. The summed E-state index contributed by atoms with van der Waals surface area (Å²) in [5.74, 6) is 0. The molecule has 0 atom stereocenters. The molecule has 0 fully saturated rings. The fraction of sp³-hybridized carbons (Fsp3) is 0.143. The number of rotatable bonds is 2. The molecule has 2 heterocycles. The van der Waals surface area contributed by atoms with Gasteiger partial charge in [0.15, 0.2) is 5.65 Å². The minimum atomic E-state index is 0.455. The van der Waals surface area contributed by atoms with E-state index in [1.165, 1.54) is 0 Å². The molecule has 2 aromatic heterocycles. The van der Waals surface area contributed by atoms with Crippen LogP contribution in [0.15, 0.2) is 42.6 Å². The summed E-state index contributed by atoms with van der Waals surface area (Å²) in [7, 11) is 4.04. The van der Waals surface area contributed by atoms with Gasteiger partial charge in [-0.25, -0.2) is 9.50 Å². The number of anilines is 1. The Morgan fingerprint density at radius 1 is 1.05 bits per heavy atom. The average Bonchev–Trinajstić information content (AvgIpc) is 2.81.